The molecule has 0 spiro atoms. The zero-order valence-corrected chi connectivity index (χ0v) is 15.4. The first kappa shape index (κ1) is 18.5. The number of hydrogen-bond donors (Lipinski definition) is 0. The van der Waals surface area contributed by atoms with Gasteiger partial charge in [0.05, 0.1) is 34.6 Å². The molecule has 1 aliphatic heterocycles. The minimum atomic E-state index is -4.63. The molecule has 11 heteroatoms. The van der Waals surface area contributed by atoms with E-state index in [9.17, 15) is 18.0 Å². The van der Waals surface area contributed by atoms with Gasteiger partial charge in [0.2, 0.25) is 0 Å². The number of aromatic nitrogens is 5. The van der Waals surface area contributed by atoms with Gasteiger partial charge in [0.1, 0.15) is 5.69 Å². The van der Waals surface area contributed by atoms with Crippen molar-refractivity contribution in [2.45, 2.75) is 19.1 Å². The minimum absolute atomic E-state index is 0.137. The van der Waals surface area contributed by atoms with Crippen LogP contribution in [0.2, 0.25) is 5.02 Å². The highest BCUT2D eigenvalue weighted by Gasteiger charge is 2.36. The number of rotatable bonds is 2. The van der Waals surface area contributed by atoms with Gasteiger partial charge in [0.25, 0.3) is 5.91 Å². The fourth-order valence-corrected chi connectivity index (χ4v) is 3.54. The third-order valence-electron chi connectivity index (χ3n) is 4.64. The van der Waals surface area contributed by atoms with Crippen LogP contribution in [0, 0.1) is 0 Å². The van der Waals surface area contributed by atoms with Gasteiger partial charge in [0.15, 0.2) is 5.82 Å². The minimum Gasteiger partial charge on any atom is -0.332 e. The normalized spacial score (nSPS) is 14.2. The van der Waals surface area contributed by atoms with E-state index in [0.717, 1.165) is 17.6 Å². The molecule has 0 N–H and O–H groups in total. The van der Waals surface area contributed by atoms with E-state index in [1.165, 1.54) is 17.0 Å². The van der Waals surface area contributed by atoms with Crippen molar-refractivity contribution in [1.82, 2.24) is 29.7 Å². The Balaban J connectivity index is 1.62. The van der Waals surface area contributed by atoms with E-state index in [2.05, 4.69) is 15.4 Å². The highest BCUT2D eigenvalue weighted by atomic mass is 35.5. The van der Waals surface area contributed by atoms with Crippen molar-refractivity contribution in [2.75, 3.05) is 6.54 Å². The molecular weight excluding hydrogens is 397 g/mol. The molecule has 0 saturated carbocycles. The lowest BCUT2D eigenvalue weighted by atomic mass is 10.1. The molecule has 0 radical (unpaired) electrons. The molecule has 3 heterocycles. The number of aryl methyl sites for hydroxylation is 1. The Labute approximate surface area is 162 Å². The lowest BCUT2D eigenvalue weighted by Crippen LogP contribution is -2.36. The van der Waals surface area contributed by atoms with Crippen LogP contribution in [0.5, 0.6) is 0 Å². The fraction of sp³-hybridized carbons (Fsp3) is 0.294. The average molecular weight is 411 g/mol. The van der Waals surface area contributed by atoms with Gasteiger partial charge in [-0.05, 0) is 12.1 Å². The van der Waals surface area contributed by atoms with Gasteiger partial charge in [0, 0.05) is 26.1 Å². The number of alkyl halides is 3. The average Bonchev–Trinajstić information content (AvgIpc) is 3.25. The lowest BCUT2D eigenvalue weighted by Gasteiger charge is -2.27. The molecule has 0 saturated heterocycles. The van der Waals surface area contributed by atoms with Gasteiger partial charge < -0.3 is 4.90 Å². The van der Waals surface area contributed by atoms with E-state index in [-0.39, 0.29) is 12.1 Å². The first-order valence-corrected chi connectivity index (χ1v) is 8.72. The molecule has 0 atom stereocenters. The maximum Gasteiger partial charge on any atom is 0.417 e. The van der Waals surface area contributed by atoms with Crippen LogP contribution < -0.4 is 0 Å². The molecule has 1 amide bonds. The Morgan fingerprint density at radius 3 is 2.71 bits per heavy atom. The molecule has 0 unspecified atom stereocenters. The molecule has 1 aromatic carbocycles. The summed E-state index contributed by atoms with van der Waals surface area (Å²) in [6.07, 6.45) is -2.54. The molecule has 7 nitrogen and oxygen atoms in total. The van der Waals surface area contributed by atoms with Crippen LogP contribution in [-0.2, 0) is 26.2 Å². The highest BCUT2D eigenvalue weighted by molar-refractivity contribution is 6.34. The summed E-state index contributed by atoms with van der Waals surface area (Å²) in [5.74, 6) is 0.159. The zero-order chi connectivity index (χ0) is 20.1. The van der Waals surface area contributed by atoms with Crippen LogP contribution in [-0.4, -0.2) is 42.1 Å². The third-order valence-corrected chi connectivity index (χ3v) is 5.04. The zero-order valence-electron chi connectivity index (χ0n) is 14.6. The topological polar surface area (TPSA) is 68.8 Å². The second-order valence-electron chi connectivity index (χ2n) is 6.35. The molecule has 146 valence electrons. The summed E-state index contributed by atoms with van der Waals surface area (Å²) in [5.41, 5.74) is 0.213. The molecule has 1 aliphatic rings. The van der Waals surface area contributed by atoms with Crippen LogP contribution in [0.15, 0.2) is 30.5 Å². The van der Waals surface area contributed by atoms with Gasteiger partial charge >= 0.3 is 6.18 Å². The lowest BCUT2D eigenvalue weighted by molar-refractivity contribution is -0.137. The Kier molecular flexibility index (Phi) is 4.37. The van der Waals surface area contributed by atoms with E-state index < -0.39 is 22.7 Å². The molecular formula is C17H14ClF3N6O. The summed E-state index contributed by atoms with van der Waals surface area (Å²) in [5, 5.41) is 11.8. The largest absolute Gasteiger partial charge is 0.417 e. The number of nitrogens with zero attached hydrogens (tertiary/aromatic N) is 6. The molecule has 0 bridgehead atoms. The van der Waals surface area contributed by atoms with E-state index >= 15 is 0 Å². The molecule has 4 rings (SSSR count). The summed E-state index contributed by atoms with van der Waals surface area (Å²) in [6.45, 7) is 0.447. The van der Waals surface area contributed by atoms with E-state index in [0.29, 0.717) is 18.7 Å². The maximum absolute atomic E-state index is 13.1. The van der Waals surface area contributed by atoms with E-state index in [1.807, 2.05) is 0 Å². The van der Waals surface area contributed by atoms with Crippen molar-refractivity contribution in [3.05, 3.63) is 58.0 Å². The smallest absolute Gasteiger partial charge is 0.332 e. The molecule has 0 fully saturated rings. The van der Waals surface area contributed by atoms with Gasteiger partial charge in [-0.25, -0.2) is 0 Å². The molecule has 2 aromatic heterocycles. The molecule has 0 aliphatic carbocycles. The van der Waals surface area contributed by atoms with Gasteiger partial charge in [-0.1, -0.05) is 22.9 Å². The first-order chi connectivity index (χ1) is 13.3. The Hall–Kier alpha value is -2.88. The monoisotopic (exact) mass is 410 g/mol. The maximum atomic E-state index is 13.1. The number of fused-ring (bicyclic) bond motifs is 1. The number of benzene rings is 1. The van der Waals surface area contributed by atoms with Crippen molar-refractivity contribution in [1.29, 1.82) is 0 Å². The van der Waals surface area contributed by atoms with Crippen LogP contribution in [0.25, 0.3) is 5.82 Å². The Morgan fingerprint density at radius 2 is 2.04 bits per heavy atom. The number of carbonyl (C=O) groups is 1. The summed E-state index contributed by atoms with van der Waals surface area (Å²) in [7, 11) is 1.78. The van der Waals surface area contributed by atoms with Gasteiger partial charge in [-0.15, -0.1) is 5.10 Å². The van der Waals surface area contributed by atoms with Crippen molar-refractivity contribution < 1.29 is 18.0 Å². The molecule has 28 heavy (non-hydrogen) atoms. The van der Waals surface area contributed by atoms with Gasteiger partial charge in [-0.2, -0.15) is 23.0 Å². The second kappa shape index (κ2) is 6.62. The summed E-state index contributed by atoms with van der Waals surface area (Å²) in [6, 6.07) is 5.11. The van der Waals surface area contributed by atoms with Crippen LogP contribution in [0.1, 0.15) is 27.3 Å². The van der Waals surface area contributed by atoms with Crippen LogP contribution in [0.3, 0.4) is 0 Å². The number of carbonyl (C=O) groups excluding carboxylic acids is 1. The van der Waals surface area contributed by atoms with Crippen molar-refractivity contribution in [3.63, 3.8) is 0 Å². The number of amides is 1. The summed E-state index contributed by atoms with van der Waals surface area (Å²) >= 11 is 5.89. The number of halogens is 4. The highest BCUT2D eigenvalue weighted by Crippen LogP contribution is 2.36. The van der Waals surface area contributed by atoms with Crippen molar-refractivity contribution >= 4 is 17.5 Å². The Morgan fingerprint density at radius 1 is 1.25 bits per heavy atom. The fourth-order valence-electron chi connectivity index (χ4n) is 3.22. The SMILES string of the molecule is Cn1nccc1-n1nnc2c1CCN(C(=O)c1cccc(C(F)(F)F)c1Cl)C2. The summed E-state index contributed by atoms with van der Waals surface area (Å²) < 4.78 is 42.5. The standard InChI is InChI=1S/C17H14ClF3N6O/c1-25-14(5-7-22-25)27-13-6-8-26(9-12(13)23-24-27)16(28)10-3-2-4-11(15(10)18)17(19,20)21/h2-5,7H,6,8-9H2,1H3. The first-order valence-electron chi connectivity index (χ1n) is 8.34. The quantitative estimate of drug-likeness (QED) is 0.651. The Bertz CT molecular complexity index is 1060. The second-order valence-corrected chi connectivity index (χ2v) is 6.73. The summed E-state index contributed by atoms with van der Waals surface area (Å²) in [4.78, 5) is 14.2. The van der Waals surface area contributed by atoms with Crippen molar-refractivity contribution in [2.24, 2.45) is 7.05 Å². The number of hydrogen-bond acceptors (Lipinski definition) is 4. The predicted molar refractivity (Wildman–Crippen MR) is 93.0 cm³/mol. The van der Waals surface area contributed by atoms with Crippen LogP contribution in [0.4, 0.5) is 13.2 Å². The van der Waals surface area contributed by atoms with Crippen LogP contribution >= 0.6 is 11.6 Å². The molecule has 3 aromatic rings. The third kappa shape index (κ3) is 3.03. The predicted octanol–water partition coefficient (Wildman–Crippen LogP) is 2.87. The van der Waals surface area contributed by atoms with E-state index in [1.54, 1.807) is 28.7 Å². The van der Waals surface area contributed by atoms with Crippen molar-refractivity contribution in [3.8, 4) is 5.82 Å². The van der Waals surface area contributed by atoms with E-state index in [4.69, 9.17) is 11.6 Å². The van der Waals surface area contributed by atoms with Gasteiger partial charge in [-0.3, -0.25) is 9.48 Å².